The molecule has 6 heteroatoms. The molecule has 5 nitrogen and oxygen atoms in total. The van der Waals surface area contributed by atoms with E-state index in [4.69, 9.17) is 0 Å². The van der Waals surface area contributed by atoms with Crippen LogP contribution in [0.1, 0.15) is 19.3 Å². The van der Waals surface area contributed by atoms with Gasteiger partial charge in [-0.15, -0.1) is 0 Å². The third-order valence-electron chi connectivity index (χ3n) is 3.08. The molecule has 2 aliphatic heterocycles. The Kier molecular flexibility index (Phi) is 2.72. The monoisotopic (exact) mass is 233 g/mol. The molecule has 15 heavy (non-hydrogen) atoms. The molecule has 2 saturated heterocycles. The lowest BCUT2D eigenvalue weighted by Crippen LogP contribution is -2.47. The van der Waals surface area contributed by atoms with Gasteiger partial charge in [0, 0.05) is 12.6 Å². The summed E-state index contributed by atoms with van der Waals surface area (Å²) in [5.41, 5.74) is 0. The lowest BCUT2D eigenvalue weighted by molar-refractivity contribution is -0.139. The van der Waals surface area contributed by atoms with E-state index in [9.17, 15) is 18.3 Å². The standard InChI is InChI=1S/C9H15NO4S/c11-8-1-3-10(9(12)5-8)7-2-4-15(13,14)6-7/h7-8,11H,1-6H2. The Hall–Kier alpha value is -0.620. The summed E-state index contributed by atoms with van der Waals surface area (Å²) < 4.78 is 22.5. The van der Waals surface area contributed by atoms with Crippen LogP contribution in [0.4, 0.5) is 0 Å². The van der Waals surface area contributed by atoms with Crippen LogP contribution in [-0.2, 0) is 14.6 Å². The van der Waals surface area contributed by atoms with Gasteiger partial charge in [-0.25, -0.2) is 8.42 Å². The minimum Gasteiger partial charge on any atom is -0.393 e. The van der Waals surface area contributed by atoms with E-state index in [2.05, 4.69) is 0 Å². The zero-order valence-corrected chi connectivity index (χ0v) is 9.24. The molecule has 0 aromatic rings. The Balaban J connectivity index is 2.03. The summed E-state index contributed by atoms with van der Waals surface area (Å²) in [5, 5.41) is 9.28. The average molecular weight is 233 g/mol. The second kappa shape index (κ2) is 3.75. The average Bonchev–Trinajstić information content (AvgIpc) is 2.46. The molecule has 2 aliphatic rings. The highest BCUT2D eigenvalue weighted by molar-refractivity contribution is 7.91. The zero-order chi connectivity index (χ0) is 11.1. The smallest absolute Gasteiger partial charge is 0.225 e. The second-order valence-electron chi connectivity index (χ2n) is 4.29. The molecule has 2 atom stereocenters. The van der Waals surface area contributed by atoms with Crippen molar-refractivity contribution in [2.24, 2.45) is 0 Å². The number of likely N-dealkylation sites (tertiary alicyclic amines) is 1. The Bertz CT molecular complexity index is 364. The number of sulfone groups is 1. The number of hydrogen-bond acceptors (Lipinski definition) is 4. The van der Waals surface area contributed by atoms with Crippen molar-refractivity contribution in [3.63, 3.8) is 0 Å². The first-order chi connectivity index (χ1) is 6.98. The van der Waals surface area contributed by atoms with Gasteiger partial charge in [-0.05, 0) is 12.8 Å². The van der Waals surface area contributed by atoms with E-state index in [1.807, 2.05) is 0 Å². The van der Waals surface area contributed by atoms with Gasteiger partial charge in [-0.3, -0.25) is 4.79 Å². The fraction of sp³-hybridized carbons (Fsp3) is 0.889. The van der Waals surface area contributed by atoms with Crippen LogP contribution >= 0.6 is 0 Å². The zero-order valence-electron chi connectivity index (χ0n) is 8.42. The van der Waals surface area contributed by atoms with Crippen LogP contribution in [0.15, 0.2) is 0 Å². The normalized spacial score (nSPS) is 35.8. The molecule has 86 valence electrons. The lowest BCUT2D eigenvalue weighted by atomic mass is 10.0. The van der Waals surface area contributed by atoms with Gasteiger partial charge in [-0.1, -0.05) is 0 Å². The van der Waals surface area contributed by atoms with Gasteiger partial charge < -0.3 is 10.0 Å². The highest BCUT2D eigenvalue weighted by Gasteiger charge is 2.36. The molecule has 0 spiro atoms. The van der Waals surface area contributed by atoms with Crippen LogP contribution in [-0.4, -0.2) is 54.5 Å². The van der Waals surface area contributed by atoms with Gasteiger partial charge in [-0.2, -0.15) is 0 Å². The van der Waals surface area contributed by atoms with Crippen molar-refractivity contribution in [1.82, 2.24) is 4.90 Å². The van der Waals surface area contributed by atoms with Crippen LogP contribution < -0.4 is 0 Å². The lowest BCUT2D eigenvalue weighted by Gasteiger charge is -2.33. The molecular weight excluding hydrogens is 218 g/mol. The molecule has 2 heterocycles. The molecule has 0 aliphatic carbocycles. The largest absolute Gasteiger partial charge is 0.393 e. The van der Waals surface area contributed by atoms with Crippen LogP contribution in [0.3, 0.4) is 0 Å². The summed E-state index contributed by atoms with van der Waals surface area (Å²) in [6.07, 6.45) is 0.690. The van der Waals surface area contributed by atoms with Crippen molar-refractivity contribution in [2.45, 2.75) is 31.4 Å². The molecule has 2 unspecified atom stereocenters. The van der Waals surface area contributed by atoms with E-state index in [-0.39, 0.29) is 29.9 Å². The van der Waals surface area contributed by atoms with Crippen molar-refractivity contribution in [3.8, 4) is 0 Å². The second-order valence-corrected chi connectivity index (χ2v) is 6.52. The molecule has 0 aromatic carbocycles. The summed E-state index contributed by atoms with van der Waals surface area (Å²) in [6.45, 7) is 0.486. The minimum atomic E-state index is -2.94. The number of hydrogen-bond donors (Lipinski definition) is 1. The Morgan fingerprint density at radius 1 is 1.33 bits per heavy atom. The van der Waals surface area contributed by atoms with E-state index in [0.717, 1.165) is 0 Å². The number of rotatable bonds is 1. The van der Waals surface area contributed by atoms with E-state index < -0.39 is 15.9 Å². The van der Waals surface area contributed by atoms with Crippen molar-refractivity contribution >= 4 is 15.7 Å². The molecule has 0 bridgehead atoms. The van der Waals surface area contributed by atoms with E-state index >= 15 is 0 Å². The molecule has 2 rings (SSSR count). The fourth-order valence-electron chi connectivity index (χ4n) is 2.24. The van der Waals surface area contributed by atoms with Gasteiger partial charge >= 0.3 is 0 Å². The van der Waals surface area contributed by atoms with E-state index in [1.54, 1.807) is 4.90 Å². The summed E-state index contributed by atoms with van der Waals surface area (Å²) in [4.78, 5) is 13.2. The first-order valence-electron chi connectivity index (χ1n) is 5.16. The number of aliphatic hydroxyl groups is 1. The molecule has 0 saturated carbocycles. The summed E-state index contributed by atoms with van der Waals surface area (Å²) in [5.74, 6) is 0.162. The van der Waals surface area contributed by atoms with Crippen LogP contribution in [0, 0.1) is 0 Å². The number of nitrogens with zero attached hydrogens (tertiary/aromatic N) is 1. The number of aliphatic hydroxyl groups excluding tert-OH is 1. The summed E-state index contributed by atoms with van der Waals surface area (Å²) >= 11 is 0. The van der Waals surface area contributed by atoms with Crippen molar-refractivity contribution < 1.29 is 18.3 Å². The Morgan fingerprint density at radius 3 is 2.60 bits per heavy atom. The predicted octanol–water partition coefficient (Wildman–Crippen LogP) is -0.843. The van der Waals surface area contributed by atoms with Crippen LogP contribution in [0.5, 0.6) is 0 Å². The van der Waals surface area contributed by atoms with Crippen molar-refractivity contribution in [1.29, 1.82) is 0 Å². The highest BCUT2D eigenvalue weighted by atomic mass is 32.2. The Labute approximate surface area is 89.0 Å². The fourth-order valence-corrected chi connectivity index (χ4v) is 3.97. The maximum atomic E-state index is 11.6. The van der Waals surface area contributed by atoms with Gasteiger partial charge in [0.25, 0.3) is 0 Å². The van der Waals surface area contributed by atoms with E-state index in [1.165, 1.54) is 0 Å². The van der Waals surface area contributed by atoms with Crippen LogP contribution in [0.2, 0.25) is 0 Å². The molecule has 0 radical (unpaired) electrons. The molecule has 2 fully saturated rings. The first-order valence-corrected chi connectivity index (χ1v) is 6.98. The van der Waals surface area contributed by atoms with Gasteiger partial charge in [0.15, 0.2) is 9.84 Å². The summed E-state index contributed by atoms with van der Waals surface area (Å²) in [6, 6.07) is -0.157. The maximum Gasteiger partial charge on any atom is 0.225 e. The topological polar surface area (TPSA) is 74.7 Å². The minimum absolute atomic E-state index is 0.0921. The molecule has 0 aromatic heterocycles. The Morgan fingerprint density at radius 2 is 2.07 bits per heavy atom. The number of carbonyl (C=O) groups is 1. The quantitative estimate of drug-likeness (QED) is 0.640. The number of carbonyl (C=O) groups excluding carboxylic acids is 1. The predicted molar refractivity (Wildman–Crippen MR) is 54.0 cm³/mol. The number of piperidine rings is 1. The van der Waals surface area contributed by atoms with Gasteiger partial charge in [0.05, 0.1) is 24.0 Å². The highest BCUT2D eigenvalue weighted by Crippen LogP contribution is 2.22. The van der Waals surface area contributed by atoms with Gasteiger partial charge in [0.1, 0.15) is 0 Å². The maximum absolute atomic E-state index is 11.6. The number of amides is 1. The van der Waals surface area contributed by atoms with Crippen molar-refractivity contribution in [3.05, 3.63) is 0 Å². The van der Waals surface area contributed by atoms with Crippen LogP contribution in [0.25, 0.3) is 0 Å². The molecule has 1 N–H and O–H groups in total. The summed E-state index contributed by atoms with van der Waals surface area (Å²) in [7, 11) is -2.94. The molecular formula is C9H15NO4S. The SMILES string of the molecule is O=C1CC(O)CCN1C1CCS(=O)(=O)C1. The molecule has 1 amide bonds. The third kappa shape index (κ3) is 2.31. The first kappa shape index (κ1) is 10.9. The third-order valence-corrected chi connectivity index (χ3v) is 4.83. The van der Waals surface area contributed by atoms with Crippen molar-refractivity contribution in [2.75, 3.05) is 18.1 Å². The van der Waals surface area contributed by atoms with E-state index in [0.29, 0.717) is 19.4 Å². The van der Waals surface area contributed by atoms with Gasteiger partial charge in [0.2, 0.25) is 5.91 Å².